The molecule has 0 aliphatic carbocycles. The number of carbonyl (C=O) groups excluding carboxylic acids is 2. The first-order valence-electron chi connectivity index (χ1n) is 8.96. The number of anilines is 2. The fraction of sp³-hybridized carbons (Fsp3) is 0.100. The second kappa shape index (κ2) is 7.75. The average molecular weight is 466 g/mol. The summed E-state index contributed by atoms with van der Waals surface area (Å²) in [6.07, 6.45) is -4.86. The van der Waals surface area contributed by atoms with Gasteiger partial charge in [0.2, 0.25) is 5.95 Å². The maximum Gasteiger partial charge on any atom is 0.416 e. The van der Waals surface area contributed by atoms with Gasteiger partial charge in [0.25, 0.3) is 11.8 Å². The number of rotatable bonds is 3. The quantitative estimate of drug-likeness (QED) is 0.507. The lowest BCUT2D eigenvalue weighted by Gasteiger charge is -2.17. The summed E-state index contributed by atoms with van der Waals surface area (Å²) < 4.78 is 52.7. The first-order valence-corrected chi connectivity index (χ1v) is 9.34. The molecule has 164 valence electrons. The molecule has 12 heteroatoms. The number of hydrogen-bond acceptors (Lipinski definition) is 5. The molecule has 4 N–H and O–H groups in total. The van der Waals surface area contributed by atoms with Crippen LogP contribution >= 0.6 is 11.6 Å². The number of nitrogens with one attached hydrogen (secondary N) is 2. The van der Waals surface area contributed by atoms with Crippen molar-refractivity contribution in [1.29, 1.82) is 0 Å². The Morgan fingerprint density at radius 1 is 1.16 bits per heavy atom. The van der Waals surface area contributed by atoms with E-state index in [0.717, 1.165) is 0 Å². The number of aromatic nitrogens is 2. The summed E-state index contributed by atoms with van der Waals surface area (Å²) in [7, 11) is 0. The number of halogens is 5. The first-order chi connectivity index (χ1) is 15.0. The zero-order chi connectivity index (χ0) is 23.2. The smallest absolute Gasteiger partial charge is 0.368 e. The summed E-state index contributed by atoms with van der Waals surface area (Å²) in [5, 5.41) is 5.26. The molecule has 2 aromatic carbocycles. The van der Waals surface area contributed by atoms with Gasteiger partial charge in [-0.1, -0.05) is 29.8 Å². The fourth-order valence-electron chi connectivity index (χ4n) is 3.31. The lowest BCUT2D eigenvalue weighted by molar-refractivity contribution is -0.137. The third-order valence-electron chi connectivity index (χ3n) is 4.68. The van der Waals surface area contributed by atoms with E-state index in [4.69, 9.17) is 17.3 Å². The van der Waals surface area contributed by atoms with Crippen molar-refractivity contribution in [2.24, 2.45) is 0 Å². The van der Waals surface area contributed by atoms with Crippen LogP contribution in [0.5, 0.6) is 0 Å². The van der Waals surface area contributed by atoms with Gasteiger partial charge in [0.05, 0.1) is 17.2 Å². The lowest BCUT2D eigenvalue weighted by Crippen LogP contribution is -2.21. The van der Waals surface area contributed by atoms with Gasteiger partial charge in [0.1, 0.15) is 17.3 Å². The Morgan fingerprint density at radius 3 is 2.56 bits per heavy atom. The van der Waals surface area contributed by atoms with E-state index >= 15 is 0 Å². The maximum absolute atomic E-state index is 13.7. The number of benzene rings is 2. The predicted octanol–water partition coefficient (Wildman–Crippen LogP) is 3.96. The van der Waals surface area contributed by atoms with E-state index in [1.807, 2.05) is 0 Å². The molecule has 0 saturated heterocycles. The molecule has 4 rings (SSSR count). The van der Waals surface area contributed by atoms with E-state index in [9.17, 15) is 27.2 Å². The highest BCUT2D eigenvalue weighted by Gasteiger charge is 2.37. The number of nitrogen functional groups attached to an aromatic ring is 1. The number of alkyl halides is 3. The van der Waals surface area contributed by atoms with Crippen LogP contribution in [0, 0.1) is 5.82 Å². The molecule has 0 spiro atoms. The third kappa shape index (κ3) is 3.94. The van der Waals surface area contributed by atoms with E-state index in [1.54, 1.807) is 24.3 Å². The molecule has 3 aromatic rings. The number of amides is 2. The van der Waals surface area contributed by atoms with Crippen molar-refractivity contribution in [2.75, 3.05) is 11.1 Å². The fourth-order valence-corrected chi connectivity index (χ4v) is 3.55. The van der Waals surface area contributed by atoms with Crippen LogP contribution in [0.3, 0.4) is 0 Å². The van der Waals surface area contributed by atoms with Gasteiger partial charge in [-0.25, -0.2) is 9.37 Å². The molecule has 0 fully saturated rings. The normalized spacial score (nSPS) is 15.3. The van der Waals surface area contributed by atoms with Gasteiger partial charge in [-0.2, -0.15) is 18.2 Å². The lowest BCUT2D eigenvalue weighted by atomic mass is 10.0. The molecular formula is C20H12ClF4N5O2. The Bertz CT molecular complexity index is 1270. The monoisotopic (exact) mass is 465 g/mol. The van der Waals surface area contributed by atoms with Crippen molar-refractivity contribution in [2.45, 2.75) is 12.2 Å². The van der Waals surface area contributed by atoms with Crippen LogP contribution < -0.4 is 16.4 Å². The van der Waals surface area contributed by atoms with Gasteiger partial charge in [0.15, 0.2) is 0 Å². The summed E-state index contributed by atoms with van der Waals surface area (Å²) in [6.45, 7) is 0. The standard InChI is InChI=1S/C20H12ClF4N5O2/c21-12-4-2-1-3-11(12)14-13-15(18(32)27-14)28-19(26)30-16(13)29-17(31)8-5-9(20(23,24)25)7-10(22)6-8/h1-7,14H,(H,27,32)(H3,26,28,29,30,31). The highest BCUT2D eigenvalue weighted by molar-refractivity contribution is 6.31. The summed E-state index contributed by atoms with van der Waals surface area (Å²) in [4.78, 5) is 32.9. The molecule has 1 aliphatic rings. The van der Waals surface area contributed by atoms with E-state index in [2.05, 4.69) is 20.6 Å². The first kappa shape index (κ1) is 21.5. The van der Waals surface area contributed by atoms with Gasteiger partial charge >= 0.3 is 6.18 Å². The average Bonchev–Trinajstić information content (AvgIpc) is 3.03. The zero-order valence-corrected chi connectivity index (χ0v) is 16.6. The van der Waals surface area contributed by atoms with Crippen LogP contribution in [0.2, 0.25) is 5.02 Å². The van der Waals surface area contributed by atoms with Crippen molar-refractivity contribution < 1.29 is 27.2 Å². The Hall–Kier alpha value is -3.73. The molecular weight excluding hydrogens is 454 g/mol. The van der Waals surface area contributed by atoms with Crippen molar-refractivity contribution in [3.05, 3.63) is 81.3 Å². The van der Waals surface area contributed by atoms with Gasteiger partial charge in [0, 0.05) is 10.6 Å². The molecule has 1 unspecified atom stereocenters. The Balaban J connectivity index is 1.77. The minimum absolute atomic E-state index is 0.123. The van der Waals surface area contributed by atoms with Crippen molar-refractivity contribution in [3.8, 4) is 0 Å². The summed E-state index contributed by atoms with van der Waals surface area (Å²) in [5.41, 5.74) is 4.16. The number of hydrogen-bond donors (Lipinski definition) is 3. The molecule has 0 saturated carbocycles. The molecule has 2 amide bonds. The van der Waals surface area contributed by atoms with E-state index in [-0.39, 0.29) is 29.1 Å². The Morgan fingerprint density at radius 2 is 1.88 bits per heavy atom. The van der Waals surface area contributed by atoms with Crippen LogP contribution in [0.4, 0.5) is 29.3 Å². The Kier molecular flexibility index (Phi) is 5.21. The molecule has 1 aromatic heterocycles. The van der Waals surface area contributed by atoms with Crippen LogP contribution in [-0.2, 0) is 6.18 Å². The number of fused-ring (bicyclic) bond motifs is 1. The van der Waals surface area contributed by atoms with E-state index < -0.39 is 41.0 Å². The number of nitrogens with zero attached hydrogens (tertiary/aromatic N) is 2. The highest BCUT2D eigenvalue weighted by atomic mass is 35.5. The molecule has 0 bridgehead atoms. The van der Waals surface area contributed by atoms with Gasteiger partial charge in [-0.3, -0.25) is 9.59 Å². The summed E-state index contributed by atoms with van der Waals surface area (Å²) in [6, 6.07) is 7.12. The summed E-state index contributed by atoms with van der Waals surface area (Å²) in [5.74, 6) is -3.53. The summed E-state index contributed by atoms with van der Waals surface area (Å²) >= 11 is 6.23. The molecule has 2 heterocycles. The Labute approximate surface area is 182 Å². The second-order valence-corrected chi connectivity index (χ2v) is 7.21. The number of nitrogens with two attached hydrogens (primary N) is 1. The molecule has 1 atom stereocenters. The van der Waals surface area contributed by atoms with Crippen molar-refractivity contribution in [1.82, 2.24) is 15.3 Å². The van der Waals surface area contributed by atoms with Gasteiger partial charge < -0.3 is 16.4 Å². The third-order valence-corrected chi connectivity index (χ3v) is 5.02. The molecule has 7 nitrogen and oxygen atoms in total. The van der Waals surface area contributed by atoms with E-state index in [0.29, 0.717) is 22.7 Å². The van der Waals surface area contributed by atoms with Crippen LogP contribution in [-0.4, -0.2) is 21.8 Å². The van der Waals surface area contributed by atoms with Gasteiger partial charge in [-0.15, -0.1) is 0 Å². The SMILES string of the molecule is Nc1nc(NC(=O)c2cc(F)cc(C(F)(F)F)c2)c2c(n1)C(=O)NC2c1ccccc1Cl. The minimum Gasteiger partial charge on any atom is -0.368 e. The van der Waals surface area contributed by atoms with Crippen LogP contribution in [0.25, 0.3) is 0 Å². The minimum atomic E-state index is -4.86. The maximum atomic E-state index is 13.7. The largest absolute Gasteiger partial charge is 0.416 e. The highest BCUT2D eigenvalue weighted by Crippen LogP contribution is 2.38. The number of carbonyl (C=O) groups is 2. The van der Waals surface area contributed by atoms with Crippen molar-refractivity contribution >= 4 is 35.2 Å². The van der Waals surface area contributed by atoms with Crippen LogP contribution in [0.1, 0.15) is 43.6 Å². The van der Waals surface area contributed by atoms with E-state index in [1.165, 1.54) is 0 Å². The zero-order valence-electron chi connectivity index (χ0n) is 15.8. The molecule has 1 aliphatic heterocycles. The predicted molar refractivity (Wildman–Crippen MR) is 107 cm³/mol. The topological polar surface area (TPSA) is 110 Å². The van der Waals surface area contributed by atoms with Crippen molar-refractivity contribution in [3.63, 3.8) is 0 Å². The second-order valence-electron chi connectivity index (χ2n) is 6.80. The molecule has 0 radical (unpaired) electrons. The molecule has 32 heavy (non-hydrogen) atoms. The van der Waals surface area contributed by atoms with Crippen LogP contribution in [0.15, 0.2) is 42.5 Å². The van der Waals surface area contributed by atoms with Gasteiger partial charge in [-0.05, 0) is 29.8 Å².